The van der Waals surface area contributed by atoms with Crippen LogP contribution < -0.4 is 5.32 Å². The third kappa shape index (κ3) is 3.62. The van der Waals surface area contributed by atoms with Crippen LogP contribution in [0.4, 0.5) is 4.39 Å². The molecule has 116 valence electrons. The second kappa shape index (κ2) is 6.86. The van der Waals surface area contributed by atoms with E-state index in [0.717, 1.165) is 45.6 Å². The van der Waals surface area contributed by atoms with Gasteiger partial charge in [0.2, 0.25) is 0 Å². The zero-order valence-corrected chi connectivity index (χ0v) is 12.5. The van der Waals surface area contributed by atoms with E-state index in [2.05, 4.69) is 10.2 Å². The molecule has 2 heterocycles. The first-order valence-electron chi connectivity index (χ1n) is 8.05. The van der Waals surface area contributed by atoms with Crippen LogP contribution in [0.15, 0.2) is 24.3 Å². The van der Waals surface area contributed by atoms with Gasteiger partial charge in [0.25, 0.3) is 0 Å². The van der Waals surface area contributed by atoms with Crippen LogP contribution in [0, 0.1) is 17.7 Å². The van der Waals surface area contributed by atoms with Crippen molar-refractivity contribution in [3.63, 3.8) is 0 Å². The highest BCUT2D eigenvalue weighted by molar-refractivity contribution is 5.21. The van der Waals surface area contributed by atoms with Crippen molar-refractivity contribution in [2.75, 3.05) is 39.3 Å². The average Bonchev–Trinajstić information content (AvgIpc) is 2.96. The number of benzene rings is 1. The first-order valence-corrected chi connectivity index (χ1v) is 8.05. The normalized spacial score (nSPS) is 28.1. The van der Waals surface area contributed by atoms with Gasteiger partial charge < -0.3 is 15.3 Å². The molecule has 3 nitrogen and oxygen atoms in total. The molecule has 1 aromatic rings. The molecule has 2 aliphatic rings. The number of aliphatic hydroxyl groups is 1. The summed E-state index contributed by atoms with van der Waals surface area (Å²) in [5, 5.41) is 12.8. The van der Waals surface area contributed by atoms with E-state index in [0.29, 0.717) is 24.4 Å². The number of nitrogens with one attached hydrogen (secondary N) is 1. The van der Waals surface area contributed by atoms with Gasteiger partial charge in [-0.15, -0.1) is 0 Å². The summed E-state index contributed by atoms with van der Waals surface area (Å²) in [5.41, 5.74) is 1.27. The molecular weight excluding hydrogens is 267 g/mol. The Kier molecular flexibility index (Phi) is 4.88. The van der Waals surface area contributed by atoms with Crippen LogP contribution in [0.5, 0.6) is 0 Å². The molecular formula is C17H25FN2O. The van der Waals surface area contributed by atoms with Gasteiger partial charge in [-0.1, -0.05) is 12.1 Å². The van der Waals surface area contributed by atoms with Crippen molar-refractivity contribution in [2.24, 2.45) is 11.8 Å². The minimum absolute atomic E-state index is 0.153. The first-order chi connectivity index (χ1) is 10.3. The van der Waals surface area contributed by atoms with E-state index in [9.17, 15) is 9.50 Å². The lowest BCUT2D eigenvalue weighted by molar-refractivity contribution is 0.143. The summed E-state index contributed by atoms with van der Waals surface area (Å²) in [6.45, 7) is 5.59. The third-order valence-electron chi connectivity index (χ3n) is 5.14. The Labute approximate surface area is 126 Å². The zero-order valence-electron chi connectivity index (χ0n) is 12.5. The SMILES string of the molecule is OCC1CNCC1CN1CCC(c2ccc(F)cc2)CC1. The van der Waals surface area contributed by atoms with E-state index in [1.165, 1.54) is 5.56 Å². The van der Waals surface area contributed by atoms with Crippen molar-refractivity contribution in [3.05, 3.63) is 35.6 Å². The lowest BCUT2D eigenvalue weighted by Crippen LogP contribution is -2.39. The van der Waals surface area contributed by atoms with Crippen molar-refractivity contribution >= 4 is 0 Å². The largest absolute Gasteiger partial charge is 0.396 e. The summed E-state index contributed by atoms with van der Waals surface area (Å²) >= 11 is 0. The number of rotatable bonds is 4. The Bertz CT molecular complexity index is 443. The van der Waals surface area contributed by atoms with Gasteiger partial charge in [0, 0.05) is 19.7 Å². The highest BCUT2D eigenvalue weighted by Gasteiger charge is 2.29. The van der Waals surface area contributed by atoms with E-state index >= 15 is 0 Å². The van der Waals surface area contributed by atoms with E-state index in [1.54, 1.807) is 12.1 Å². The minimum Gasteiger partial charge on any atom is -0.396 e. The van der Waals surface area contributed by atoms with E-state index < -0.39 is 0 Å². The number of hydrogen-bond donors (Lipinski definition) is 2. The second-order valence-corrected chi connectivity index (χ2v) is 6.49. The van der Waals surface area contributed by atoms with Crippen LogP contribution in [0.25, 0.3) is 0 Å². The smallest absolute Gasteiger partial charge is 0.123 e. The van der Waals surface area contributed by atoms with Gasteiger partial charge in [-0.3, -0.25) is 0 Å². The van der Waals surface area contributed by atoms with Crippen LogP contribution in [0.1, 0.15) is 24.3 Å². The zero-order chi connectivity index (χ0) is 14.7. The number of aliphatic hydroxyl groups excluding tert-OH is 1. The topological polar surface area (TPSA) is 35.5 Å². The van der Waals surface area contributed by atoms with Gasteiger partial charge >= 0.3 is 0 Å². The quantitative estimate of drug-likeness (QED) is 0.889. The predicted octanol–water partition coefficient (Wildman–Crippen LogP) is 1.83. The lowest BCUT2D eigenvalue weighted by atomic mass is 9.88. The summed E-state index contributed by atoms with van der Waals surface area (Å²) in [6.07, 6.45) is 2.30. The molecule has 2 unspecified atom stereocenters. The Morgan fingerprint density at radius 1 is 1.10 bits per heavy atom. The predicted molar refractivity (Wildman–Crippen MR) is 81.8 cm³/mol. The van der Waals surface area contributed by atoms with Gasteiger partial charge in [0.05, 0.1) is 0 Å². The first kappa shape index (κ1) is 14.9. The van der Waals surface area contributed by atoms with Gasteiger partial charge in [-0.05, 0) is 67.9 Å². The summed E-state index contributed by atoms with van der Waals surface area (Å²) in [6, 6.07) is 6.99. The van der Waals surface area contributed by atoms with E-state index in [1.807, 2.05) is 12.1 Å². The summed E-state index contributed by atoms with van der Waals surface area (Å²) in [7, 11) is 0. The van der Waals surface area contributed by atoms with Crippen LogP contribution in [-0.2, 0) is 0 Å². The van der Waals surface area contributed by atoms with Gasteiger partial charge in [-0.25, -0.2) is 4.39 Å². The molecule has 3 rings (SSSR count). The molecule has 2 saturated heterocycles. The Morgan fingerprint density at radius 3 is 2.43 bits per heavy atom. The number of hydrogen-bond acceptors (Lipinski definition) is 3. The number of halogens is 1. The molecule has 2 atom stereocenters. The maximum absolute atomic E-state index is 13.0. The van der Waals surface area contributed by atoms with Crippen molar-refractivity contribution in [1.29, 1.82) is 0 Å². The molecule has 2 fully saturated rings. The highest BCUT2D eigenvalue weighted by Crippen LogP contribution is 2.29. The van der Waals surface area contributed by atoms with Crippen molar-refractivity contribution in [3.8, 4) is 0 Å². The minimum atomic E-state index is -0.153. The average molecular weight is 292 g/mol. The number of piperidine rings is 1. The summed E-state index contributed by atoms with van der Waals surface area (Å²) < 4.78 is 13.0. The molecule has 2 N–H and O–H groups in total. The number of nitrogens with zero attached hydrogens (tertiary/aromatic N) is 1. The van der Waals surface area contributed by atoms with Crippen LogP contribution >= 0.6 is 0 Å². The van der Waals surface area contributed by atoms with Crippen LogP contribution in [0.3, 0.4) is 0 Å². The number of likely N-dealkylation sites (tertiary alicyclic amines) is 1. The van der Waals surface area contributed by atoms with Gasteiger partial charge in [0.1, 0.15) is 5.82 Å². The molecule has 0 aliphatic carbocycles. The maximum atomic E-state index is 13.0. The molecule has 2 aliphatic heterocycles. The van der Waals surface area contributed by atoms with Gasteiger partial charge in [0.15, 0.2) is 0 Å². The van der Waals surface area contributed by atoms with E-state index in [-0.39, 0.29) is 5.82 Å². The van der Waals surface area contributed by atoms with Crippen LogP contribution in [-0.4, -0.2) is 49.3 Å². The Morgan fingerprint density at radius 2 is 1.76 bits per heavy atom. The van der Waals surface area contributed by atoms with Crippen molar-refractivity contribution < 1.29 is 9.50 Å². The fraction of sp³-hybridized carbons (Fsp3) is 0.647. The fourth-order valence-corrected chi connectivity index (χ4v) is 3.73. The lowest BCUT2D eigenvalue weighted by Gasteiger charge is -2.34. The molecule has 21 heavy (non-hydrogen) atoms. The molecule has 0 radical (unpaired) electrons. The van der Waals surface area contributed by atoms with Crippen molar-refractivity contribution in [2.45, 2.75) is 18.8 Å². The second-order valence-electron chi connectivity index (χ2n) is 6.49. The maximum Gasteiger partial charge on any atom is 0.123 e. The Balaban J connectivity index is 1.50. The van der Waals surface area contributed by atoms with Crippen LogP contribution in [0.2, 0.25) is 0 Å². The molecule has 0 aromatic heterocycles. The summed E-state index contributed by atoms with van der Waals surface area (Å²) in [5.74, 6) is 1.41. The monoisotopic (exact) mass is 292 g/mol. The summed E-state index contributed by atoms with van der Waals surface area (Å²) in [4.78, 5) is 2.53. The third-order valence-corrected chi connectivity index (χ3v) is 5.14. The molecule has 0 amide bonds. The molecule has 0 spiro atoms. The molecule has 0 saturated carbocycles. The van der Waals surface area contributed by atoms with E-state index in [4.69, 9.17) is 0 Å². The highest BCUT2D eigenvalue weighted by atomic mass is 19.1. The molecule has 1 aromatic carbocycles. The molecule has 0 bridgehead atoms. The van der Waals surface area contributed by atoms with Crippen molar-refractivity contribution in [1.82, 2.24) is 10.2 Å². The molecule has 4 heteroatoms. The Hall–Kier alpha value is -0.970. The van der Waals surface area contributed by atoms with Gasteiger partial charge in [-0.2, -0.15) is 0 Å². The fourth-order valence-electron chi connectivity index (χ4n) is 3.73. The standard InChI is InChI=1S/C17H25FN2O/c18-17-3-1-13(2-4-17)14-5-7-20(8-6-14)11-15-9-19-10-16(15)12-21/h1-4,14-16,19,21H,5-12H2.